The summed E-state index contributed by atoms with van der Waals surface area (Å²) in [6, 6.07) is 9.48. The summed E-state index contributed by atoms with van der Waals surface area (Å²) in [6.07, 6.45) is 0. The van der Waals surface area contributed by atoms with Crippen LogP contribution < -0.4 is 10.5 Å². The van der Waals surface area contributed by atoms with Crippen LogP contribution in [-0.4, -0.2) is 8.42 Å². The number of hydrogen-bond acceptors (Lipinski definition) is 3. The van der Waals surface area contributed by atoms with Crippen molar-refractivity contribution in [2.45, 2.75) is 4.90 Å². The van der Waals surface area contributed by atoms with Crippen LogP contribution in [0.3, 0.4) is 0 Å². The Kier molecular flexibility index (Phi) is 4.63. The molecule has 0 spiro atoms. The molecule has 20 heavy (non-hydrogen) atoms. The molecule has 4 nitrogen and oxygen atoms in total. The predicted molar refractivity (Wildman–Crippen MR) is 88.5 cm³/mol. The molecule has 8 heteroatoms. The van der Waals surface area contributed by atoms with Gasteiger partial charge in [0.05, 0.1) is 10.7 Å². The molecule has 3 N–H and O–H groups in total. The zero-order valence-corrected chi connectivity index (χ0v) is 14.6. The summed E-state index contributed by atoms with van der Waals surface area (Å²) in [5, 5.41) is 0.0701. The highest BCUT2D eigenvalue weighted by molar-refractivity contribution is 9.11. The molecule has 2 aromatic carbocycles. The van der Waals surface area contributed by atoms with Gasteiger partial charge in [0.15, 0.2) is 0 Å². The summed E-state index contributed by atoms with van der Waals surface area (Å²) >= 11 is 12.5. The summed E-state index contributed by atoms with van der Waals surface area (Å²) in [4.78, 5) is -0.0315. The van der Waals surface area contributed by atoms with Crippen molar-refractivity contribution in [1.29, 1.82) is 0 Å². The van der Waals surface area contributed by atoms with Gasteiger partial charge in [0, 0.05) is 14.6 Å². The Balaban J connectivity index is 2.46. The Morgan fingerprint density at radius 3 is 2.25 bits per heavy atom. The Bertz CT molecular complexity index is 746. The minimum atomic E-state index is -3.80. The van der Waals surface area contributed by atoms with Gasteiger partial charge >= 0.3 is 0 Å². The van der Waals surface area contributed by atoms with Crippen molar-refractivity contribution >= 4 is 64.9 Å². The monoisotopic (exact) mass is 438 g/mol. The van der Waals surface area contributed by atoms with Crippen LogP contribution in [0.15, 0.2) is 50.2 Å². The molecule has 0 saturated carbocycles. The van der Waals surface area contributed by atoms with E-state index in [0.717, 1.165) is 0 Å². The fourth-order valence-corrected chi connectivity index (χ4v) is 4.63. The number of nitrogens with two attached hydrogens (primary N) is 1. The molecule has 2 rings (SSSR count). The van der Waals surface area contributed by atoms with Gasteiger partial charge in [-0.1, -0.05) is 17.7 Å². The lowest BCUT2D eigenvalue weighted by Crippen LogP contribution is -2.14. The number of hydrogen-bond donors (Lipinski definition) is 2. The van der Waals surface area contributed by atoms with Crippen molar-refractivity contribution in [3.8, 4) is 0 Å². The van der Waals surface area contributed by atoms with Crippen molar-refractivity contribution < 1.29 is 8.42 Å². The second-order valence-corrected chi connectivity index (χ2v) is 7.66. The van der Waals surface area contributed by atoms with E-state index in [0.29, 0.717) is 20.3 Å². The van der Waals surface area contributed by atoms with Gasteiger partial charge in [0.25, 0.3) is 10.0 Å². The van der Waals surface area contributed by atoms with Gasteiger partial charge in [-0.05, 0) is 62.2 Å². The average molecular weight is 441 g/mol. The Labute approximate surface area is 138 Å². The predicted octanol–water partition coefficient (Wildman–Crippen LogP) is 4.25. The van der Waals surface area contributed by atoms with E-state index < -0.39 is 10.0 Å². The zero-order valence-electron chi connectivity index (χ0n) is 9.90. The van der Waals surface area contributed by atoms with Gasteiger partial charge in [-0.2, -0.15) is 0 Å². The fraction of sp³-hybridized carbons (Fsp3) is 0. The van der Waals surface area contributed by atoms with E-state index in [4.69, 9.17) is 17.3 Å². The van der Waals surface area contributed by atoms with Gasteiger partial charge in [0.1, 0.15) is 4.90 Å². The fourth-order valence-electron chi connectivity index (χ4n) is 1.52. The van der Waals surface area contributed by atoms with Crippen LogP contribution in [0.5, 0.6) is 0 Å². The third kappa shape index (κ3) is 3.28. The second kappa shape index (κ2) is 5.93. The molecule has 0 amide bonds. The van der Waals surface area contributed by atoms with Gasteiger partial charge in [-0.25, -0.2) is 8.42 Å². The Morgan fingerprint density at radius 1 is 1.10 bits per heavy atom. The number of benzene rings is 2. The molecule has 0 saturated heterocycles. The van der Waals surface area contributed by atoms with Crippen LogP contribution in [0.4, 0.5) is 11.4 Å². The first-order chi connectivity index (χ1) is 9.31. The number of sulfonamides is 1. The number of rotatable bonds is 3. The van der Waals surface area contributed by atoms with Crippen molar-refractivity contribution in [2.75, 3.05) is 10.5 Å². The van der Waals surface area contributed by atoms with Crippen LogP contribution in [0.1, 0.15) is 0 Å². The van der Waals surface area contributed by atoms with E-state index in [1.807, 2.05) is 0 Å². The number of para-hydroxylation sites is 1. The molecular weight excluding hydrogens is 431 g/mol. The summed E-state index contributed by atoms with van der Waals surface area (Å²) in [6.45, 7) is 0. The highest BCUT2D eigenvalue weighted by atomic mass is 79.9. The van der Waals surface area contributed by atoms with E-state index in [9.17, 15) is 8.42 Å². The number of nitrogens with one attached hydrogen (secondary N) is 1. The Hall–Kier alpha value is -0.760. The minimum Gasteiger partial charge on any atom is -0.399 e. The van der Waals surface area contributed by atoms with Crippen molar-refractivity contribution in [3.63, 3.8) is 0 Å². The van der Waals surface area contributed by atoms with Gasteiger partial charge in [0.2, 0.25) is 0 Å². The van der Waals surface area contributed by atoms with E-state index in [-0.39, 0.29) is 9.92 Å². The van der Waals surface area contributed by atoms with Crippen LogP contribution >= 0.6 is 43.5 Å². The van der Waals surface area contributed by atoms with Gasteiger partial charge < -0.3 is 5.73 Å². The zero-order chi connectivity index (χ0) is 14.9. The topological polar surface area (TPSA) is 72.2 Å². The largest absolute Gasteiger partial charge is 0.399 e. The third-order valence-electron chi connectivity index (χ3n) is 2.44. The molecule has 0 aromatic heterocycles. The van der Waals surface area contributed by atoms with E-state index in [1.54, 1.807) is 18.2 Å². The molecule has 0 aliphatic heterocycles. The highest BCUT2D eigenvalue weighted by Gasteiger charge is 2.20. The van der Waals surface area contributed by atoms with Gasteiger partial charge in [-0.15, -0.1) is 0 Å². The van der Waals surface area contributed by atoms with E-state index in [1.165, 1.54) is 18.2 Å². The molecule has 2 aromatic rings. The molecule has 0 atom stereocenters. The summed E-state index contributed by atoms with van der Waals surface area (Å²) < 4.78 is 28.4. The maximum absolute atomic E-state index is 12.4. The lowest BCUT2D eigenvalue weighted by molar-refractivity contribution is 0.601. The maximum atomic E-state index is 12.4. The smallest absolute Gasteiger partial charge is 0.263 e. The molecule has 0 heterocycles. The quantitative estimate of drug-likeness (QED) is 0.701. The molecule has 0 unspecified atom stereocenters. The lowest BCUT2D eigenvalue weighted by atomic mass is 10.3. The summed E-state index contributed by atoms with van der Waals surface area (Å²) in [5.74, 6) is 0. The van der Waals surface area contributed by atoms with Crippen molar-refractivity contribution in [1.82, 2.24) is 0 Å². The first-order valence-corrected chi connectivity index (χ1v) is 8.78. The van der Waals surface area contributed by atoms with Crippen molar-refractivity contribution in [2.24, 2.45) is 0 Å². The van der Waals surface area contributed by atoms with E-state index >= 15 is 0 Å². The molecule has 0 radical (unpaired) electrons. The van der Waals surface area contributed by atoms with Crippen LogP contribution in [0.2, 0.25) is 5.02 Å². The lowest BCUT2D eigenvalue weighted by Gasteiger charge is -2.12. The number of nitrogen functional groups attached to an aromatic ring is 1. The molecule has 0 aliphatic carbocycles. The first kappa shape index (κ1) is 15.6. The normalized spacial score (nSPS) is 11.3. The minimum absolute atomic E-state index is 0.0315. The SMILES string of the molecule is Nc1ccc(S(=O)(=O)Nc2c(Br)cccc2Br)c(Cl)c1. The summed E-state index contributed by atoms with van der Waals surface area (Å²) in [7, 11) is -3.80. The first-order valence-electron chi connectivity index (χ1n) is 5.33. The third-order valence-corrected chi connectivity index (χ3v) is 5.60. The number of anilines is 2. The second-order valence-electron chi connectivity index (χ2n) is 3.89. The van der Waals surface area contributed by atoms with E-state index in [2.05, 4.69) is 36.6 Å². The van der Waals surface area contributed by atoms with Crippen molar-refractivity contribution in [3.05, 3.63) is 50.4 Å². The standard InChI is InChI=1S/C12H9Br2ClN2O2S/c13-8-2-1-3-9(14)12(8)17-20(18,19)11-5-4-7(16)6-10(11)15/h1-6,17H,16H2. The average Bonchev–Trinajstić information content (AvgIpc) is 2.33. The van der Waals surface area contributed by atoms with Gasteiger partial charge in [-0.3, -0.25) is 4.72 Å². The Morgan fingerprint density at radius 2 is 1.70 bits per heavy atom. The summed E-state index contributed by atoms with van der Waals surface area (Å²) in [5.41, 5.74) is 6.36. The maximum Gasteiger partial charge on any atom is 0.263 e. The number of halogens is 3. The highest BCUT2D eigenvalue weighted by Crippen LogP contribution is 2.33. The van der Waals surface area contributed by atoms with Crippen LogP contribution in [0, 0.1) is 0 Å². The van der Waals surface area contributed by atoms with Crippen LogP contribution in [-0.2, 0) is 10.0 Å². The molecular formula is C12H9Br2ClN2O2S. The van der Waals surface area contributed by atoms with Crippen LogP contribution in [0.25, 0.3) is 0 Å². The molecule has 106 valence electrons. The molecule has 0 fully saturated rings. The molecule has 0 bridgehead atoms. The molecule has 0 aliphatic rings.